The van der Waals surface area contributed by atoms with Gasteiger partial charge in [-0.25, -0.2) is 0 Å². The minimum absolute atomic E-state index is 0.0626. The minimum atomic E-state index is -0.0626. The molecule has 0 aliphatic carbocycles. The van der Waals surface area contributed by atoms with E-state index < -0.39 is 0 Å². The van der Waals surface area contributed by atoms with E-state index in [1.165, 1.54) is 0 Å². The van der Waals surface area contributed by atoms with Crippen LogP contribution in [0, 0.1) is 11.3 Å². The molecule has 1 atom stereocenters. The van der Waals surface area contributed by atoms with Crippen molar-refractivity contribution >= 4 is 5.69 Å². The molecule has 0 saturated heterocycles. The van der Waals surface area contributed by atoms with E-state index >= 15 is 0 Å². The highest BCUT2D eigenvalue weighted by atomic mass is 14.9. The maximum Gasteiger partial charge on any atom is 0.114 e. The summed E-state index contributed by atoms with van der Waals surface area (Å²) in [5, 5.41) is 12.0. The van der Waals surface area contributed by atoms with Gasteiger partial charge in [-0.2, -0.15) is 5.26 Å². The van der Waals surface area contributed by atoms with Crippen LogP contribution >= 0.6 is 0 Å². The normalized spacial score (nSPS) is 11.7. The molecule has 1 aromatic carbocycles. The second kappa shape index (κ2) is 5.21. The van der Waals surface area contributed by atoms with Gasteiger partial charge in [0.2, 0.25) is 0 Å². The van der Waals surface area contributed by atoms with Crippen LogP contribution in [0.1, 0.15) is 19.8 Å². The molecule has 0 aromatic heterocycles. The number of benzene rings is 1. The third-order valence-corrected chi connectivity index (χ3v) is 1.85. The number of nitrogens with zero attached hydrogens (tertiary/aromatic N) is 1. The van der Waals surface area contributed by atoms with E-state index in [1.54, 1.807) is 0 Å². The summed E-state index contributed by atoms with van der Waals surface area (Å²) in [5.41, 5.74) is 1.02. The Kier molecular flexibility index (Phi) is 3.84. The van der Waals surface area contributed by atoms with Crippen LogP contribution in [0.25, 0.3) is 0 Å². The quantitative estimate of drug-likeness (QED) is 0.761. The molecule has 0 aliphatic heterocycles. The fourth-order valence-electron chi connectivity index (χ4n) is 1.19. The van der Waals surface area contributed by atoms with E-state index in [9.17, 15) is 0 Å². The van der Waals surface area contributed by atoms with Crippen LogP contribution in [0.15, 0.2) is 30.3 Å². The van der Waals surface area contributed by atoms with Gasteiger partial charge in [-0.05, 0) is 18.6 Å². The second-order valence-electron chi connectivity index (χ2n) is 2.98. The molecule has 1 unspecified atom stereocenters. The summed E-state index contributed by atoms with van der Waals surface area (Å²) < 4.78 is 0. The zero-order valence-corrected chi connectivity index (χ0v) is 7.83. The van der Waals surface area contributed by atoms with Gasteiger partial charge in [0.15, 0.2) is 0 Å². The lowest BCUT2D eigenvalue weighted by Crippen LogP contribution is -2.16. The van der Waals surface area contributed by atoms with Crippen molar-refractivity contribution in [3.63, 3.8) is 0 Å². The lowest BCUT2D eigenvalue weighted by atomic mass is 10.2. The summed E-state index contributed by atoms with van der Waals surface area (Å²) >= 11 is 0. The van der Waals surface area contributed by atoms with Gasteiger partial charge in [0, 0.05) is 5.69 Å². The number of nitrogens with one attached hydrogen (secondary N) is 1. The highest BCUT2D eigenvalue weighted by molar-refractivity contribution is 5.44. The topological polar surface area (TPSA) is 35.8 Å². The van der Waals surface area contributed by atoms with E-state index in [2.05, 4.69) is 18.3 Å². The Morgan fingerprint density at radius 2 is 2.08 bits per heavy atom. The first-order chi connectivity index (χ1) is 6.36. The molecule has 0 spiro atoms. The second-order valence-corrected chi connectivity index (χ2v) is 2.98. The predicted octanol–water partition coefficient (Wildman–Crippen LogP) is 2.79. The molecule has 0 bridgehead atoms. The van der Waals surface area contributed by atoms with Crippen LogP contribution in [0.3, 0.4) is 0 Å². The number of para-hydroxylation sites is 1. The Morgan fingerprint density at radius 1 is 1.38 bits per heavy atom. The molecule has 0 heterocycles. The van der Waals surface area contributed by atoms with Crippen molar-refractivity contribution in [2.45, 2.75) is 25.8 Å². The van der Waals surface area contributed by atoms with Crippen molar-refractivity contribution in [3.05, 3.63) is 30.3 Å². The molecule has 13 heavy (non-hydrogen) atoms. The number of hydrogen-bond donors (Lipinski definition) is 1. The van der Waals surface area contributed by atoms with Crippen molar-refractivity contribution < 1.29 is 0 Å². The maximum absolute atomic E-state index is 8.81. The molecule has 0 amide bonds. The van der Waals surface area contributed by atoms with E-state index in [4.69, 9.17) is 5.26 Å². The number of anilines is 1. The monoisotopic (exact) mass is 174 g/mol. The van der Waals surface area contributed by atoms with Crippen molar-refractivity contribution in [2.24, 2.45) is 0 Å². The Bertz CT molecular complexity index is 274. The van der Waals surface area contributed by atoms with Crippen LogP contribution < -0.4 is 5.32 Å². The minimum Gasteiger partial charge on any atom is -0.370 e. The number of rotatable bonds is 4. The van der Waals surface area contributed by atoms with Crippen LogP contribution in [0.5, 0.6) is 0 Å². The largest absolute Gasteiger partial charge is 0.370 e. The van der Waals surface area contributed by atoms with Crippen molar-refractivity contribution in [3.8, 4) is 6.07 Å². The Morgan fingerprint density at radius 3 is 2.62 bits per heavy atom. The molecule has 0 saturated carbocycles. The Labute approximate surface area is 79.2 Å². The van der Waals surface area contributed by atoms with Crippen LogP contribution in [-0.4, -0.2) is 6.04 Å². The summed E-state index contributed by atoms with van der Waals surface area (Å²) in [4.78, 5) is 0. The summed E-state index contributed by atoms with van der Waals surface area (Å²) in [6, 6.07) is 12.0. The molecule has 1 rings (SSSR count). The highest BCUT2D eigenvalue weighted by Crippen LogP contribution is 2.09. The first-order valence-electron chi connectivity index (χ1n) is 4.58. The van der Waals surface area contributed by atoms with Crippen LogP contribution in [0.4, 0.5) is 5.69 Å². The van der Waals surface area contributed by atoms with Crippen LogP contribution in [0.2, 0.25) is 0 Å². The fraction of sp³-hybridized carbons (Fsp3) is 0.364. The van der Waals surface area contributed by atoms with Gasteiger partial charge in [-0.1, -0.05) is 31.5 Å². The molecule has 2 heteroatoms. The fourth-order valence-corrected chi connectivity index (χ4v) is 1.19. The molecule has 0 fully saturated rings. The lowest BCUT2D eigenvalue weighted by Gasteiger charge is -2.10. The van der Waals surface area contributed by atoms with Gasteiger partial charge in [0.05, 0.1) is 6.07 Å². The molecule has 0 radical (unpaired) electrons. The molecule has 2 nitrogen and oxygen atoms in total. The molecular weight excluding hydrogens is 160 g/mol. The standard InChI is InChI=1S/C11H14N2/c1-2-6-11(9-12)13-10-7-4-3-5-8-10/h3-5,7-8,11,13H,2,6H2,1H3. The SMILES string of the molecule is CCCC(C#N)Nc1ccccc1. The van der Waals surface area contributed by atoms with Gasteiger partial charge < -0.3 is 5.32 Å². The predicted molar refractivity (Wildman–Crippen MR) is 54.4 cm³/mol. The number of nitriles is 1. The zero-order valence-electron chi connectivity index (χ0n) is 7.83. The average Bonchev–Trinajstić information content (AvgIpc) is 2.19. The summed E-state index contributed by atoms with van der Waals surface area (Å²) in [6.07, 6.45) is 1.92. The molecular formula is C11H14N2. The third kappa shape index (κ3) is 3.16. The smallest absolute Gasteiger partial charge is 0.114 e. The lowest BCUT2D eigenvalue weighted by molar-refractivity contribution is 0.748. The molecule has 68 valence electrons. The molecule has 1 N–H and O–H groups in total. The summed E-state index contributed by atoms with van der Waals surface area (Å²) in [6.45, 7) is 2.08. The highest BCUT2D eigenvalue weighted by Gasteiger charge is 2.03. The van der Waals surface area contributed by atoms with E-state index in [-0.39, 0.29) is 6.04 Å². The van der Waals surface area contributed by atoms with E-state index in [1.807, 2.05) is 30.3 Å². The van der Waals surface area contributed by atoms with Crippen molar-refractivity contribution in [2.75, 3.05) is 5.32 Å². The summed E-state index contributed by atoms with van der Waals surface area (Å²) in [7, 11) is 0. The summed E-state index contributed by atoms with van der Waals surface area (Å²) in [5.74, 6) is 0. The Balaban J connectivity index is 2.53. The molecule has 1 aromatic rings. The third-order valence-electron chi connectivity index (χ3n) is 1.85. The average molecular weight is 174 g/mol. The van der Waals surface area contributed by atoms with Crippen LogP contribution in [-0.2, 0) is 0 Å². The van der Waals surface area contributed by atoms with Crippen molar-refractivity contribution in [1.82, 2.24) is 0 Å². The van der Waals surface area contributed by atoms with Gasteiger partial charge >= 0.3 is 0 Å². The van der Waals surface area contributed by atoms with Gasteiger partial charge in [0.1, 0.15) is 6.04 Å². The molecule has 0 aliphatic rings. The van der Waals surface area contributed by atoms with E-state index in [0.29, 0.717) is 0 Å². The van der Waals surface area contributed by atoms with E-state index in [0.717, 1.165) is 18.5 Å². The first-order valence-corrected chi connectivity index (χ1v) is 4.58. The zero-order chi connectivity index (χ0) is 9.52. The maximum atomic E-state index is 8.81. The van der Waals surface area contributed by atoms with Gasteiger partial charge in [-0.3, -0.25) is 0 Å². The number of hydrogen-bond acceptors (Lipinski definition) is 2. The first kappa shape index (κ1) is 9.60. The van der Waals surface area contributed by atoms with Gasteiger partial charge in [-0.15, -0.1) is 0 Å². The van der Waals surface area contributed by atoms with Crippen molar-refractivity contribution in [1.29, 1.82) is 5.26 Å². The van der Waals surface area contributed by atoms with Gasteiger partial charge in [0.25, 0.3) is 0 Å². The Hall–Kier alpha value is -1.49.